The van der Waals surface area contributed by atoms with E-state index in [4.69, 9.17) is 4.74 Å². The number of hydrogen-bond acceptors (Lipinski definition) is 4. The first-order valence-electron chi connectivity index (χ1n) is 8.93. The molecule has 0 radical (unpaired) electrons. The van der Waals surface area contributed by atoms with Crippen LogP contribution in [0.5, 0.6) is 0 Å². The van der Waals surface area contributed by atoms with Gasteiger partial charge in [-0.15, -0.1) is 0 Å². The predicted molar refractivity (Wildman–Crippen MR) is 103 cm³/mol. The number of rotatable bonds is 5. The lowest BCUT2D eigenvalue weighted by Gasteiger charge is -2.26. The van der Waals surface area contributed by atoms with Gasteiger partial charge in [-0.3, -0.25) is 4.68 Å². The molecule has 3 aromatic rings. The molecule has 2 amide bonds. The average Bonchev–Trinajstić information content (AvgIpc) is 3.33. The predicted octanol–water partition coefficient (Wildman–Crippen LogP) is 2.73. The van der Waals surface area contributed by atoms with Gasteiger partial charge in [0.2, 0.25) is 0 Å². The van der Waals surface area contributed by atoms with Gasteiger partial charge >= 0.3 is 6.03 Å². The zero-order valence-electron chi connectivity index (χ0n) is 15.2. The van der Waals surface area contributed by atoms with Crippen LogP contribution in [-0.2, 0) is 11.3 Å². The van der Waals surface area contributed by atoms with E-state index in [1.54, 1.807) is 35.3 Å². The van der Waals surface area contributed by atoms with Gasteiger partial charge in [0, 0.05) is 49.7 Å². The molecule has 0 aromatic carbocycles. The lowest BCUT2D eigenvalue weighted by molar-refractivity contribution is 0.183. The molecule has 0 unspecified atom stereocenters. The Morgan fingerprint density at radius 2 is 2.37 bits per heavy atom. The molecule has 0 atom stereocenters. The van der Waals surface area contributed by atoms with Crippen molar-refractivity contribution in [2.75, 3.05) is 32.1 Å². The lowest BCUT2D eigenvalue weighted by atomic mass is 10.00. The summed E-state index contributed by atoms with van der Waals surface area (Å²) in [6.45, 7) is 2.48. The molecule has 27 heavy (non-hydrogen) atoms. The van der Waals surface area contributed by atoms with Crippen molar-refractivity contribution in [2.45, 2.75) is 13.0 Å². The number of hydrogen-bond donors (Lipinski definition) is 2. The van der Waals surface area contributed by atoms with Crippen LogP contribution >= 0.6 is 0 Å². The van der Waals surface area contributed by atoms with Crippen LogP contribution in [0.15, 0.2) is 43.0 Å². The molecule has 8 nitrogen and oxygen atoms in total. The first-order valence-corrected chi connectivity index (χ1v) is 8.93. The third-order valence-corrected chi connectivity index (χ3v) is 4.70. The number of aromatic amines is 1. The number of carbonyl (C=O) groups is 1. The van der Waals surface area contributed by atoms with Crippen LogP contribution in [-0.4, -0.2) is 57.5 Å². The molecule has 1 aliphatic rings. The van der Waals surface area contributed by atoms with E-state index in [0.29, 0.717) is 31.9 Å². The summed E-state index contributed by atoms with van der Waals surface area (Å²) in [6.07, 6.45) is 10.1. The summed E-state index contributed by atoms with van der Waals surface area (Å²) in [7, 11) is 1.65. The van der Waals surface area contributed by atoms with Crippen LogP contribution in [0.1, 0.15) is 12.0 Å². The van der Waals surface area contributed by atoms with E-state index in [1.807, 2.05) is 12.3 Å². The van der Waals surface area contributed by atoms with Crippen molar-refractivity contribution in [2.24, 2.45) is 0 Å². The number of carbonyl (C=O) groups excluding carboxylic acids is 1. The van der Waals surface area contributed by atoms with E-state index in [-0.39, 0.29) is 6.03 Å². The Morgan fingerprint density at radius 3 is 3.19 bits per heavy atom. The number of H-pyrrole nitrogens is 1. The van der Waals surface area contributed by atoms with Crippen molar-refractivity contribution in [1.82, 2.24) is 24.6 Å². The molecule has 0 saturated heterocycles. The fourth-order valence-corrected chi connectivity index (χ4v) is 3.26. The molecule has 0 bridgehead atoms. The molecule has 8 heteroatoms. The first kappa shape index (κ1) is 17.3. The average molecular weight is 366 g/mol. The topological polar surface area (TPSA) is 88.1 Å². The smallest absolute Gasteiger partial charge is 0.322 e. The van der Waals surface area contributed by atoms with E-state index in [0.717, 1.165) is 23.0 Å². The Hall–Kier alpha value is -3.13. The van der Waals surface area contributed by atoms with Gasteiger partial charge < -0.3 is 19.9 Å². The third kappa shape index (κ3) is 3.70. The van der Waals surface area contributed by atoms with Gasteiger partial charge in [0.25, 0.3) is 0 Å². The third-order valence-electron chi connectivity index (χ3n) is 4.70. The number of methoxy groups -OCH3 is 1. The molecule has 0 saturated carbocycles. The van der Waals surface area contributed by atoms with Gasteiger partial charge in [0.15, 0.2) is 0 Å². The van der Waals surface area contributed by atoms with Gasteiger partial charge in [-0.25, -0.2) is 9.78 Å². The number of nitrogens with one attached hydrogen (secondary N) is 2. The van der Waals surface area contributed by atoms with Crippen molar-refractivity contribution in [1.29, 1.82) is 0 Å². The highest BCUT2D eigenvalue weighted by atomic mass is 16.5. The Balaban J connectivity index is 1.39. The molecule has 0 aliphatic carbocycles. The van der Waals surface area contributed by atoms with E-state index < -0.39 is 0 Å². The molecule has 1 aliphatic heterocycles. The van der Waals surface area contributed by atoms with Crippen LogP contribution in [0.4, 0.5) is 10.5 Å². The summed E-state index contributed by atoms with van der Waals surface area (Å²) >= 11 is 0. The monoisotopic (exact) mass is 366 g/mol. The fourth-order valence-electron chi connectivity index (χ4n) is 3.26. The van der Waals surface area contributed by atoms with Crippen LogP contribution in [0.25, 0.3) is 16.6 Å². The highest BCUT2D eigenvalue weighted by molar-refractivity contribution is 5.92. The maximum Gasteiger partial charge on any atom is 0.322 e. The van der Waals surface area contributed by atoms with Crippen molar-refractivity contribution in [3.63, 3.8) is 0 Å². The maximum absolute atomic E-state index is 12.5. The molecule has 0 fully saturated rings. The second-order valence-corrected chi connectivity index (χ2v) is 6.44. The van der Waals surface area contributed by atoms with Crippen LogP contribution < -0.4 is 5.32 Å². The van der Waals surface area contributed by atoms with Crippen molar-refractivity contribution in [3.05, 3.63) is 48.6 Å². The van der Waals surface area contributed by atoms with Crippen LogP contribution in [0.3, 0.4) is 0 Å². The van der Waals surface area contributed by atoms with E-state index >= 15 is 0 Å². The van der Waals surface area contributed by atoms with Gasteiger partial charge in [-0.2, -0.15) is 5.10 Å². The van der Waals surface area contributed by atoms with Gasteiger partial charge in [0.05, 0.1) is 25.0 Å². The molecule has 140 valence electrons. The second-order valence-electron chi connectivity index (χ2n) is 6.44. The summed E-state index contributed by atoms with van der Waals surface area (Å²) in [5, 5.41) is 8.23. The molecule has 2 N–H and O–H groups in total. The van der Waals surface area contributed by atoms with E-state index in [1.165, 1.54) is 5.57 Å². The van der Waals surface area contributed by atoms with E-state index in [9.17, 15) is 4.79 Å². The minimum absolute atomic E-state index is 0.114. The minimum atomic E-state index is -0.114. The summed E-state index contributed by atoms with van der Waals surface area (Å²) in [5.41, 5.74) is 3.98. The van der Waals surface area contributed by atoms with Gasteiger partial charge in [-0.05, 0) is 24.1 Å². The number of pyridine rings is 1. The van der Waals surface area contributed by atoms with Gasteiger partial charge in [-0.1, -0.05) is 6.08 Å². The maximum atomic E-state index is 12.5. The number of aromatic nitrogens is 4. The number of urea groups is 1. The van der Waals surface area contributed by atoms with Crippen LogP contribution in [0, 0.1) is 0 Å². The molecule has 0 spiro atoms. The molecule has 4 heterocycles. The summed E-state index contributed by atoms with van der Waals surface area (Å²) in [4.78, 5) is 21.8. The second kappa shape index (κ2) is 7.63. The lowest BCUT2D eigenvalue weighted by Crippen LogP contribution is -2.37. The highest BCUT2D eigenvalue weighted by Gasteiger charge is 2.20. The summed E-state index contributed by atoms with van der Waals surface area (Å²) in [6, 6.07) is 3.89. The number of fused-ring (bicyclic) bond motifs is 1. The quantitative estimate of drug-likeness (QED) is 0.727. The van der Waals surface area contributed by atoms with Gasteiger partial charge in [0.1, 0.15) is 5.65 Å². The number of ether oxygens (including phenoxy) is 1. The van der Waals surface area contributed by atoms with Crippen molar-refractivity contribution >= 4 is 28.3 Å². The van der Waals surface area contributed by atoms with E-state index in [2.05, 4.69) is 32.5 Å². The Bertz CT molecular complexity index is 973. The van der Waals surface area contributed by atoms with Crippen molar-refractivity contribution < 1.29 is 9.53 Å². The number of nitrogens with zero attached hydrogens (tertiary/aromatic N) is 4. The molecule has 4 rings (SSSR count). The number of anilines is 1. The first-order chi connectivity index (χ1) is 13.2. The largest absolute Gasteiger partial charge is 0.383 e. The Kier molecular flexibility index (Phi) is 4.88. The molecular weight excluding hydrogens is 344 g/mol. The number of amides is 2. The fraction of sp³-hybridized carbons (Fsp3) is 0.316. The standard InChI is InChI=1S/C19H22N6O2/c1-27-10-9-25-13-15(11-22-25)23-19(26)24-7-4-14(5-8-24)17-12-21-18-16(17)3-2-6-20-18/h2-4,6,11-13H,5,7-10H2,1H3,(H,20,21)(H,23,26). The minimum Gasteiger partial charge on any atom is -0.383 e. The summed E-state index contributed by atoms with van der Waals surface area (Å²) in [5.74, 6) is 0. The Labute approximate surface area is 156 Å². The normalized spacial score (nSPS) is 14.4. The van der Waals surface area contributed by atoms with Crippen molar-refractivity contribution in [3.8, 4) is 0 Å². The SMILES string of the molecule is COCCn1cc(NC(=O)N2CC=C(c3c[nH]c4ncccc34)CC2)cn1. The molecule has 3 aromatic heterocycles. The highest BCUT2D eigenvalue weighted by Crippen LogP contribution is 2.28. The zero-order valence-corrected chi connectivity index (χ0v) is 15.2. The Morgan fingerprint density at radius 1 is 1.44 bits per heavy atom. The van der Waals surface area contributed by atoms with Crippen LogP contribution in [0.2, 0.25) is 0 Å². The summed E-state index contributed by atoms with van der Waals surface area (Å²) < 4.78 is 6.78. The zero-order chi connectivity index (χ0) is 18.6. The molecular formula is C19H22N6O2.